The summed E-state index contributed by atoms with van der Waals surface area (Å²) >= 11 is 6.16. The van der Waals surface area contributed by atoms with E-state index in [4.69, 9.17) is 25.8 Å². The molecule has 1 saturated heterocycles. The molecule has 3 rings (SSSR count). The van der Waals surface area contributed by atoms with Crippen LogP contribution in [0.5, 0.6) is 11.5 Å². The second-order valence-electron chi connectivity index (χ2n) is 6.51. The normalized spacial score (nSPS) is 19.0. The van der Waals surface area contributed by atoms with Gasteiger partial charge in [0.25, 0.3) is 5.91 Å². The van der Waals surface area contributed by atoms with Crippen molar-refractivity contribution in [1.82, 2.24) is 5.32 Å². The van der Waals surface area contributed by atoms with Gasteiger partial charge in [-0.25, -0.2) is 0 Å². The lowest BCUT2D eigenvalue weighted by Crippen LogP contribution is -2.32. The largest absolute Gasteiger partial charge is 0.495 e. The van der Waals surface area contributed by atoms with Gasteiger partial charge in [-0.1, -0.05) is 11.6 Å². The molecule has 0 aromatic heterocycles. The van der Waals surface area contributed by atoms with Gasteiger partial charge in [-0.05, 0) is 18.9 Å². The molecule has 0 unspecified atom stereocenters. The average Bonchev–Trinajstić information content (AvgIpc) is 3.38. The first-order valence-electron chi connectivity index (χ1n) is 8.60. The van der Waals surface area contributed by atoms with E-state index >= 15 is 0 Å². The first-order valence-corrected chi connectivity index (χ1v) is 8.98. The number of halogens is 1. The predicted octanol–water partition coefficient (Wildman–Crippen LogP) is 1.53. The van der Waals surface area contributed by atoms with E-state index in [2.05, 4.69) is 5.32 Å². The fourth-order valence-corrected chi connectivity index (χ4v) is 3.14. The number of methoxy groups -OCH3 is 2. The summed E-state index contributed by atoms with van der Waals surface area (Å²) in [7, 11) is 2.95. The molecule has 0 radical (unpaired) electrons. The molecule has 8 nitrogen and oxygen atoms in total. The molecule has 1 atom stereocenters. The molecule has 1 aliphatic carbocycles. The highest BCUT2D eigenvalue weighted by Crippen LogP contribution is 2.40. The van der Waals surface area contributed by atoms with Crippen molar-refractivity contribution < 1.29 is 28.6 Å². The van der Waals surface area contributed by atoms with Crippen LogP contribution in [0, 0.1) is 5.92 Å². The molecule has 0 bridgehead atoms. The van der Waals surface area contributed by atoms with E-state index in [1.807, 2.05) is 0 Å². The van der Waals surface area contributed by atoms with Crippen molar-refractivity contribution in [2.24, 2.45) is 5.92 Å². The van der Waals surface area contributed by atoms with E-state index in [-0.39, 0.29) is 37.4 Å². The number of hydrogen-bond donors (Lipinski definition) is 1. The van der Waals surface area contributed by atoms with Crippen molar-refractivity contribution in [3.05, 3.63) is 17.2 Å². The number of anilines is 1. The zero-order valence-corrected chi connectivity index (χ0v) is 15.9. The van der Waals surface area contributed by atoms with Crippen LogP contribution in [-0.2, 0) is 19.1 Å². The van der Waals surface area contributed by atoms with Crippen LogP contribution in [0.4, 0.5) is 5.69 Å². The molecule has 2 amide bonds. The smallest absolute Gasteiger partial charge is 0.311 e. The number of ether oxygens (including phenoxy) is 3. The van der Waals surface area contributed by atoms with Crippen LogP contribution in [0.2, 0.25) is 5.02 Å². The van der Waals surface area contributed by atoms with Crippen molar-refractivity contribution in [3.63, 3.8) is 0 Å². The Balaban J connectivity index is 1.65. The zero-order valence-electron chi connectivity index (χ0n) is 15.1. The van der Waals surface area contributed by atoms with Gasteiger partial charge in [-0.3, -0.25) is 14.4 Å². The molecule has 9 heteroatoms. The minimum atomic E-state index is -0.656. The Kier molecular flexibility index (Phi) is 5.74. The monoisotopic (exact) mass is 396 g/mol. The molecule has 1 aromatic carbocycles. The SMILES string of the molecule is COc1cc(OC)c(N2C[C@H](C(=O)OCC(=O)NC3CC3)CC2=O)cc1Cl. The third kappa shape index (κ3) is 4.44. The van der Waals surface area contributed by atoms with Crippen LogP contribution in [0.1, 0.15) is 19.3 Å². The number of carbonyl (C=O) groups excluding carboxylic acids is 3. The molecular formula is C18H21ClN2O6. The van der Waals surface area contributed by atoms with Crippen molar-refractivity contribution in [1.29, 1.82) is 0 Å². The summed E-state index contributed by atoms with van der Waals surface area (Å²) in [6.07, 6.45) is 1.91. The summed E-state index contributed by atoms with van der Waals surface area (Å²) in [5, 5.41) is 3.06. The minimum absolute atomic E-state index is 0.00409. The summed E-state index contributed by atoms with van der Waals surface area (Å²) in [6, 6.07) is 3.35. The fourth-order valence-electron chi connectivity index (χ4n) is 2.90. The molecule has 2 fully saturated rings. The summed E-state index contributed by atoms with van der Waals surface area (Å²) < 4.78 is 15.5. The van der Waals surface area contributed by atoms with Gasteiger partial charge in [-0.15, -0.1) is 0 Å². The van der Waals surface area contributed by atoms with Crippen molar-refractivity contribution in [2.75, 3.05) is 32.3 Å². The van der Waals surface area contributed by atoms with Gasteiger partial charge in [0.1, 0.15) is 11.5 Å². The summed E-state index contributed by atoms with van der Waals surface area (Å²) in [4.78, 5) is 37.7. The molecular weight excluding hydrogens is 376 g/mol. The highest BCUT2D eigenvalue weighted by molar-refractivity contribution is 6.32. The summed E-state index contributed by atoms with van der Waals surface area (Å²) in [5.74, 6) is -0.981. The quantitative estimate of drug-likeness (QED) is 0.702. The first-order chi connectivity index (χ1) is 12.9. The molecule has 1 aromatic rings. The Hall–Kier alpha value is -2.48. The van der Waals surface area contributed by atoms with Gasteiger partial charge >= 0.3 is 5.97 Å². The number of benzene rings is 1. The van der Waals surface area contributed by atoms with Gasteiger partial charge in [-0.2, -0.15) is 0 Å². The second kappa shape index (κ2) is 8.04. The minimum Gasteiger partial charge on any atom is -0.495 e. The molecule has 0 spiro atoms. The number of nitrogens with one attached hydrogen (secondary N) is 1. The van der Waals surface area contributed by atoms with Gasteiger partial charge in [0.05, 0.1) is 30.8 Å². The fraction of sp³-hybridized carbons (Fsp3) is 0.500. The van der Waals surface area contributed by atoms with Gasteiger partial charge < -0.3 is 24.4 Å². The molecule has 1 N–H and O–H groups in total. The maximum absolute atomic E-state index is 12.4. The van der Waals surface area contributed by atoms with Crippen LogP contribution >= 0.6 is 11.6 Å². The Bertz CT molecular complexity index is 764. The Morgan fingerprint density at radius 2 is 1.93 bits per heavy atom. The Morgan fingerprint density at radius 3 is 2.56 bits per heavy atom. The van der Waals surface area contributed by atoms with Gasteiger partial charge in [0.15, 0.2) is 6.61 Å². The maximum Gasteiger partial charge on any atom is 0.311 e. The van der Waals surface area contributed by atoms with Gasteiger partial charge in [0, 0.05) is 25.1 Å². The van der Waals surface area contributed by atoms with Crippen LogP contribution in [-0.4, -0.2) is 51.2 Å². The predicted molar refractivity (Wildman–Crippen MR) is 97.1 cm³/mol. The van der Waals surface area contributed by atoms with Crippen LogP contribution in [0.3, 0.4) is 0 Å². The molecule has 1 saturated carbocycles. The number of esters is 1. The maximum atomic E-state index is 12.4. The molecule has 1 heterocycles. The topological polar surface area (TPSA) is 94.2 Å². The molecule has 2 aliphatic rings. The number of nitrogens with zero attached hydrogens (tertiary/aromatic N) is 1. The molecule has 1 aliphatic heterocycles. The number of amides is 2. The lowest BCUT2D eigenvalue weighted by Gasteiger charge is -2.20. The second-order valence-corrected chi connectivity index (χ2v) is 6.92. The van der Waals surface area contributed by atoms with Crippen LogP contribution in [0.15, 0.2) is 12.1 Å². The highest BCUT2D eigenvalue weighted by Gasteiger charge is 2.38. The number of carbonyl (C=O) groups is 3. The summed E-state index contributed by atoms with van der Waals surface area (Å²) in [5.41, 5.74) is 0.454. The zero-order chi connectivity index (χ0) is 19.6. The highest BCUT2D eigenvalue weighted by atomic mass is 35.5. The van der Waals surface area contributed by atoms with E-state index in [9.17, 15) is 14.4 Å². The Morgan fingerprint density at radius 1 is 1.22 bits per heavy atom. The van der Waals surface area contributed by atoms with E-state index < -0.39 is 11.9 Å². The average molecular weight is 397 g/mol. The number of rotatable bonds is 7. The molecule has 27 heavy (non-hydrogen) atoms. The Labute approximate surface area is 161 Å². The third-order valence-corrected chi connectivity index (χ3v) is 4.79. The van der Waals surface area contributed by atoms with Crippen molar-refractivity contribution in [3.8, 4) is 11.5 Å². The number of hydrogen-bond acceptors (Lipinski definition) is 6. The lowest BCUT2D eigenvalue weighted by molar-refractivity contribution is -0.152. The van der Waals surface area contributed by atoms with E-state index in [1.54, 1.807) is 12.1 Å². The standard InChI is InChI=1S/C18H21ClN2O6/c1-25-14-7-15(26-2)13(6-12(14)19)21-8-10(5-17(21)23)18(24)27-9-16(22)20-11-3-4-11/h6-7,10-11H,3-5,8-9H2,1-2H3,(H,20,22)/t10-/m1/s1. The first kappa shape index (κ1) is 19.3. The molecule has 146 valence electrons. The third-order valence-electron chi connectivity index (χ3n) is 4.49. The van der Waals surface area contributed by atoms with E-state index in [0.717, 1.165) is 12.8 Å². The lowest BCUT2D eigenvalue weighted by atomic mass is 10.1. The van der Waals surface area contributed by atoms with Gasteiger partial charge in [0.2, 0.25) is 5.91 Å². The van der Waals surface area contributed by atoms with Crippen molar-refractivity contribution in [2.45, 2.75) is 25.3 Å². The van der Waals surface area contributed by atoms with Crippen LogP contribution in [0.25, 0.3) is 0 Å². The van der Waals surface area contributed by atoms with E-state index in [1.165, 1.54) is 19.1 Å². The van der Waals surface area contributed by atoms with Crippen molar-refractivity contribution >= 4 is 35.1 Å². The summed E-state index contributed by atoms with van der Waals surface area (Å²) in [6.45, 7) is -0.210. The van der Waals surface area contributed by atoms with Crippen LogP contribution < -0.4 is 19.7 Å². The van der Waals surface area contributed by atoms with E-state index in [0.29, 0.717) is 22.2 Å².